The summed E-state index contributed by atoms with van der Waals surface area (Å²) < 4.78 is 5.28. The molecule has 1 atom stereocenters. The number of ether oxygens (including phenoxy) is 1. The smallest absolute Gasteiger partial charge is 0.235 e. The lowest BCUT2D eigenvalue weighted by molar-refractivity contribution is -0.117. The number of fused-ring (bicyclic) bond motifs is 1. The summed E-state index contributed by atoms with van der Waals surface area (Å²) in [5, 5.41) is 19.2. The molecule has 2 N–H and O–H groups in total. The molecule has 7 heteroatoms. The van der Waals surface area contributed by atoms with Crippen LogP contribution in [0.4, 0.5) is 5.69 Å². The largest absolute Gasteiger partial charge is 0.497 e. The predicted octanol–water partition coefficient (Wildman–Crippen LogP) is 3.33. The van der Waals surface area contributed by atoms with Crippen LogP contribution in [-0.4, -0.2) is 33.6 Å². The van der Waals surface area contributed by atoms with E-state index in [0.717, 1.165) is 27.8 Å². The molecule has 1 amide bonds. The van der Waals surface area contributed by atoms with Gasteiger partial charge in [-0.1, -0.05) is 53.7 Å². The van der Waals surface area contributed by atoms with Crippen LogP contribution < -0.4 is 10.1 Å². The number of anilines is 1. The van der Waals surface area contributed by atoms with Crippen LogP contribution in [0.25, 0.3) is 10.8 Å². The van der Waals surface area contributed by atoms with Crippen LogP contribution in [0.1, 0.15) is 17.3 Å². The maximum atomic E-state index is 13.1. The fourth-order valence-corrected chi connectivity index (χ4v) is 3.21. The average molecular weight is 373 g/mol. The summed E-state index contributed by atoms with van der Waals surface area (Å²) in [6.07, 6.45) is 0.424. The van der Waals surface area contributed by atoms with Gasteiger partial charge in [0.15, 0.2) is 5.82 Å². The van der Waals surface area contributed by atoms with Gasteiger partial charge in [-0.05, 0) is 35.6 Å². The molecule has 0 saturated carbocycles. The van der Waals surface area contributed by atoms with E-state index in [-0.39, 0.29) is 5.91 Å². The van der Waals surface area contributed by atoms with E-state index in [0.29, 0.717) is 12.2 Å². The minimum absolute atomic E-state index is 0.194. The molecule has 3 aromatic carbocycles. The van der Waals surface area contributed by atoms with Gasteiger partial charge < -0.3 is 10.1 Å². The molecule has 0 radical (unpaired) electrons. The summed E-state index contributed by atoms with van der Waals surface area (Å²) >= 11 is 0. The lowest BCUT2D eigenvalue weighted by atomic mass is 9.97. The van der Waals surface area contributed by atoms with E-state index in [1.165, 1.54) is 0 Å². The van der Waals surface area contributed by atoms with Gasteiger partial charge >= 0.3 is 0 Å². The minimum atomic E-state index is -0.593. The van der Waals surface area contributed by atoms with Crippen LogP contribution in [0.3, 0.4) is 0 Å². The highest BCUT2D eigenvalue weighted by atomic mass is 16.5. The van der Waals surface area contributed by atoms with Crippen molar-refractivity contribution in [2.75, 3.05) is 12.4 Å². The molecule has 0 unspecified atom stereocenters. The van der Waals surface area contributed by atoms with Gasteiger partial charge in [-0.15, -0.1) is 10.2 Å². The molecule has 4 aromatic rings. The van der Waals surface area contributed by atoms with Gasteiger partial charge in [0.05, 0.1) is 7.11 Å². The van der Waals surface area contributed by atoms with E-state index in [2.05, 4.69) is 25.9 Å². The van der Waals surface area contributed by atoms with E-state index in [4.69, 9.17) is 4.74 Å². The SMILES string of the molecule is COc1cccc(C[C@@H](C(=O)Nc2cccc3ccccc23)c2nn[nH]n2)c1. The van der Waals surface area contributed by atoms with E-state index in [1.54, 1.807) is 7.11 Å². The number of carbonyl (C=O) groups is 1. The highest BCUT2D eigenvalue weighted by Gasteiger charge is 2.26. The number of nitrogens with one attached hydrogen (secondary N) is 2. The molecule has 0 fully saturated rings. The Labute approximate surface area is 161 Å². The fourth-order valence-electron chi connectivity index (χ4n) is 3.21. The van der Waals surface area contributed by atoms with Gasteiger partial charge in [-0.25, -0.2) is 0 Å². The topological polar surface area (TPSA) is 92.8 Å². The molecule has 0 aliphatic rings. The molecule has 28 heavy (non-hydrogen) atoms. The first-order valence-electron chi connectivity index (χ1n) is 8.89. The molecule has 0 aliphatic heterocycles. The maximum absolute atomic E-state index is 13.1. The lowest BCUT2D eigenvalue weighted by Gasteiger charge is -2.15. The van der Waals surface area contributed by atoms with Crippen molar-refractivity contribution in [2.45, 2.75) is 12.3 Å². The number of benzene rings is 3. The minimum Gasteiger partial charge on any atom is -0.497 e. The standard InChI is InChI=1S/C21H19N5O2/c1-28-16-9-4-6-14(12-16)13-18(20-23-25-26-24-20)21(27)22-19-11-5-8-15-7-2-3-10-17(15)19/h2-12,18H,13H2,1H3,(H,22,27)(H,23,24,25,26)/t18-/m1/s1. The zero-order chi connectivity index (χ0) is 19.3. The number of methoxy groups -OCH3 is 1. The summed E-state index contributed by atoms with van der Waals surface area (Å²) in [5.41, 5.74) is 1.70. The predicted molar refractivity (Wildman–Crippen MR) is 106 cm³/mol. The maximum Gasteiger partial charge on any atom is 0.235 e. The van der Waals surface area contributed by atoms with Crippen LogP contribution in [0.5, 0.6) is 5.75 Å². The molecule has 1 aromatic heterocycles. The van der Waals surface area contributed by atoms with Gasteiger partial charge in [-0.3, -0.25) is 4.79 Å². The summed E-state index contributed by atoms with van der Waals surface area (Å²) in [6, 6.07) is 21.3. The summed E-state index contributed by atoms with van der Waals surface area (Å²) in [7, 11) is 1.61. The van der Waals surface area contributed by atoms with Crippen LogP contribution in [-0.2, 0) is 11.2 Å². The number of aromatic nitrogens is 4. The third-order valence-electron chi connectivity index (χ3n) is 4.61. The number of aromatic amines is 1. The van der Waals surface area contributed by atoms with Crippen molar-refractivity contribution in [3.05, 3.63) is 78.1 Å². The average Bonchev–Trinajstić information content (AvgIpc) is 3.27. The van der Waals surface area contributed by atoms with E-state index in [1.807, 2.05) is 66.7 Å². The van der Waals surface area contributed by atoms with Gasteiger partial charge in [-0.2, -0.15) is 5.21 Å². The number of rotatable bonds is 6. The Morgan fingerprint density at radius 1 is 1.11 bits per heavy atom. The highest BCUT2D eigenvalue weighted by Crippen LogP contribution is 2.26. The Morgan fingerprint density at radius 3 is 2.75 bits per heavy atom. The van der Waals surface area contributed by atoms with Crippen molar-refractivity contribution in [3.63, 3.8) is 0 Å². The Morgan fingerprint density at radius 2 is 1.93 bits per heavy atom. The highest BCUT2D eigenvalue weighted by molar-refractivity contribution is 6.04. The second-order valence-corrected chi connectivity index (χ2v) is 6.39. The quantitative estimate of drug-likeness (QED) is 0.541. The molecule has 0 bridgehead atoms. The van der Waals surface area contributed by atoms with Crippen molar-refractivity contribution in [3.8, 4) is 5.75 Å². The molecule has 140 valence electrons. The molecule has 0 aliphatic carbocycles. The Kier molecular flexibility index (Phi) is 4.97. The second kappa shape index (κ2) is 7.87. The number of hydrogen-bond acceptors (Lipinski definition) is 5. The second-order valence-electron chi connectivity index (χ2n) is 6.39. The molecular formula is C21H19N5O2. The molecule has 7 nitrogen and oxygen atoms in total. The molecule has 0 spiro atoms. The van der Waals surface area contributed by atoms with Crippen LogP contribution >= 0.6 is 0 Å². The number of hydrogen-bond donors (Lipinski definition) is 2. The zero-order valence-corrected chi connectivity index (χ0v) is 15.3. The summed E-state index contributed by atoms with van der Waals surface area (Å²) in [6.45, 7) is 0. The van der Waals surface area contributed by atoms with Crippen molar-refractivity contribution in [1.82, 2.24) is 20.6 Å². The van der Waals surface area contributed by atoms with Gasteiger partial charge in [0.2, 0.25) is 5.91 Å². The number of nitrogens with zero attached hydrogens (tertiary/aromatic N) is 3. The molecule has 1 heterocycles. The summed E-state index contributed by atoms with van der Waals surface area (Å²) in [4.78, 5) is 13.1. The molecular weight excluding hydrogens is 354 g/mol. The van der Waals surface area contributed by atoms with Gasteiger partial charge in [0, 0.05) is 11.1 Å². The van der Waals surface area contributed by atoms with Crippen LogP contribution in [0.2, 0.25) is 0 Å². The lowest BCUT2D eigenvalue weighted by Crippen LogP contribution is -2.24. The first kappa shape index (κ1) is 17.7. The van der Waals surface area contributed by atoms with Gasteiger partial charge in [0.25, 0.3) is 0 Å². The normalized spacial score (nSPS) is 11.9. The van der Waals surface area contributed by atoms with Crippen molar-refractivity contribution >= 4 is 22.4 Å². The van der Waals surface area contributed by atoms with Crippen molar-refractivity contribution in [2.24, 2.45) is 0 Å². The van der Waals surface area contributed by atoms with Gasteiger partial charge in [0.1, 0.15) is 11.7 Å². The third-order valence-corrected chi connectivity index (χ3v) is 4.61. The van der Waals surface area contributed by atoms with Crippen LogP contribution in [0, 0.1) is 0 Å². The Hall–Kier alpha value is -3.74. The number of H-pyrrole nitrogens is 1. The zero-order valence-electron chi connectivity index (χ0n) is 15.3. The Bertz CT molecular complexity index is 1090. The monoisotopic (exact) mass is 373 g/mol. The first-order chi connectivity index (χ1) is 13.7. The fraction of sp³-hybridized carbons (Fsp3) is 0.143. The van der Waals surface area contributed by atoms with E-state index < -0.39 is 5.92 Å². The number of tetrazole rings is 1. The van der Waals surface area contributed by atoms with Crippen molar-refractivity contribution in [1.29, 1.82) is 0 Å². The molecule has 0 saturated heterocycles. The van der Waals surface area contributed by atoms with Crippen molar-refractivity contribution < 1.29 is 9.53 Å². The third kappa shape index (κ3) is 3.68. The Balaban J connectivity index is 1.63. The number of carbonyl (C=O) groups excluding carboxylic acids is 1. The first-order valence-corrected chi connectivity index (χ1v) is 8.89. The van der Waals surface area contributed by atoms with E-state index >= 15 is 0 Å². The summed E-state index contributed by atoms with van der Waals surface area (Å²) in [5.74, 6) is 0.296. The van der Waals surface area contributed by atoms with E-state index in [9.17, 15) is 4.79 Å². The number of amides is 1. The molecule has 4 rings (SSSR count). The van der Waals surface area contributed by atoms with Crippen LogP contribution in [0.15, 0.2) is 66.7 Å².